The minimum atomic E-state index is -0.221. The van der Waals surface area contributed by atoms with Crippen molar-refractivity contribution in [2.45, 2.75) is 52.9 Å². The van der Waals surface area contributed by atoms with Crippen molar-refractivity contribution < 1.29 is 5.11 Å². The average Bonchev–Trinajstić information content (AvgIpc) is 2.75. The maximum atomic E-state index is 9.75. The summed E-state index contributed by atoms with van der Waals surface area (Å²) in [7, 11) is 0. The first-order valence-electron chi connectivity index (χ1n) is 6.98. The van der Waals surface area contributed by atoms with Gasteiger partial charge in [-0.1, -0.05) is 34.6 Å². The average molecular weight is 284 g/mol. The monoisotopic (exact) mass is 284 g/mol. The highest BCUT2D eigenvalue weighted by Gasteiger charge is 2.31. The van der Waals surface area contributed by atoms with Crippen LogP contribution < -0.4 is 5.73 Å². The van der Waals surface area contributed by atoms with E-state index in [9.17, 15) is 5.11 Å². The van der Waals surface area contributed by atoms with E-state index in [1.165, 1.54) is 0 Å². The number of aromatic nitrogens is 1. The van der Waals surface area contributed by atoms with Crippen molar-refractivity contribution in [3.63, 3.8) is 0 Å². The Bertz CT molecular complexity index is 389. The van der Waals surface area contributed by atoms with Crippen molar-refractivity contribution in [2.24, 2.45) is 17.1 Å². The summed E-state index contributed by atoms with van der Waals surface area (Å²) in [6.07, 6.45) is 1.71. The predicted octanol–water partition coefficient (Wildman–Crippen LogP) is 2.97. The van der Waals surface area contributed by atoms with Gasteiger partial charge >= 0.3 is 0 Å². The van der Waals surface area contributed by atoms with E-state index in [2.05, 4.69) is 40.0 Å². The van der Waals surface area contributed by atoms with Crippen molar-refractivity contribution >= 4 is 11.3 Å². The van der Waals surface area contributed by atoms with E-state index in [0.29, 0.717) is 12.5 Å². The molecule has 0 amide bonds. The SMILES string of the molecule is CC(C)CC(CN)(CO)Cc1nc(C(C)(C)C)cs1. The number of rotatable bonds is 6. The van der Waals surface area contributed by atoms with Gasteiger partial charge in [0.15, 0.2) is 0 Å². The molecule has 4 heteroatoms. The molecule has 1 atom stereocenters. The van der Waals surface area contributed by atoms with Crippen LogP contribution in [-0.2, 0) is 11.8 Å². The zero-order valence-corrected chi connectivity index (χ0v) is 13.7. The molecule has 0 aromatic carbocycles. The van der Waals surface area contributed by atoms with Crippen LogP contribution in [0.3, 0.4) is 0 Å². The van der Waals surface area contributed by atoms with E-state index in [4.69, 9.17) is 10.7 Å². The number of thiazole rings is 1. The highest BCUT2D eigenvalue weighted by atomic mass is 32.1. The number of nitrogens with two attached hydrogens (primary N) is 1. The molecule has 3 nitrogen and oxygen atoms in total. The van der Waals surface area contributed by atoms with Gasteiger partial charge in [0.25, 0.3) is 0 Å². The standard InChI is InChI=1S/C15H28N2OS/c1-11(2)6-15(9-16,10-18)7-13-17-12(8-19-13)14(3,4)5/h8,11,18H,6-7,9-10,16H2,1-5H3. The third-order valence-corrected chi connectivity index (χ3v) is 4.30. The molecule has 1 aromatic rings. The van der Waals surface area contributed by atoms with E-state index in [-0.39, 0.29) is 17.4 Å². The van der Waals surface area contributed by atoms with Gasteiger partial charge < -0.3 is 10.8 Å². The summed E-state index contributed by atoms with van der Waals surface area (Å²) in [5, 5.41) is 13.0. The molecule has 0 aliphatic rings. The Morgan fingerprint density at radius 1 is 1.37 bits per heavy atom. The Morgan fingerprint density at radius 2 is 2.00 bits per heavy atom. The Balaban J connectivity index is 2.88. The van der Waals surface area contributed by atoms with Crippen LogP contribution in [0, 0.1) is 11.3 Å². The topological polar surface area (TPSA) is 59.1 Å². The third kappa shape index (κ3) is 4.55. The normalized spacial score (nSPS) is 15.8. The molecule has 1 heterocycles. The van der Waals surface area contributed by atoms with E-state index in [0.717, 1.165) is 23.5 Å². The number of nitrogens with zero attached hydrogens (tertiary/aromatic N) is 1. The van der Waals surface area contributed by atoms with E-state index in [1.807, 2.05) is 0 Å². The van der Waals surface area contributed by atoms with Crippen LogP contribution in [0.15, 0.2) is 5.38 Å². The highest BCUT2D eigenvalue weighted by Crippen LogP contribution is 2.32. The zero-order chi connectivity index (χ0) is 14.7. The first kappa shape index (κ1) is 16.6. The molecular weight excluding hydrogens is 256 g/mol. The largest absolute Gasteiger partial charge is 0.396 e. The molecule has 3 N–H and O–H groups in total. The molecule has 0 aliphatic heterocycles. The highest BCUT2D eigenvalue weighted by molar-refractivity contribution is 7.09. The first-order valence-corrected chi connectivity index (χ1v) is 7.86. The molecule has 0 saturated heterocycles. The van der Waals surface area contributed by atoms with Gasteiger partial charge in [-0.3, -0.25) is 0 Å². The fourth-order valence-electron chi connectivity index (χ4n) is 2.34. The summed E-state index contributed by atoms with van der Waals surface area (Å²) in [6, 6.07) is 0. The Morgan fingerprint density at radius 3 is 2.37 bits per heavy atom. The van der Waals surface area contributed by atoms with Crippen molar-refractivity contribution in [1.82, 2.24) is 4.98 Å². The van der Waals surface area contributed by atoms with E-state index < -0.39 is 0 Å². The van der Waals surface area contributed by atoms with Gasteiger partial charge in [0.2, 0.25) is 0 Å². The molecule has 0 fully saturated rings. The lowest BCUT2D eigenvalue weighted by Gasteiger charge is -2.31. The second-order valence-electron chi connectivity index (χ2n) is 7.01. The summed E-state index contributed by atoms with van der Waals surface area (Å²) in [5.74, 6) is 0.526. The Hall–Kier alpha value is -0.450. The number of hydrogen-bond donors (Lipinski definition) is 2. The lowest BCUT2D eigenvalue weighted by atomic mass is 9.78. The van der Waals surface area contributed by atoms with Gasteiger partial charge in [-0.25, -0.2) is 4.98 Å². The summed E-state index contributed by atoms with van der Waals surface area (Å²) < 4.78 is 0. The maximum absolute atomic E-state index is 9.75. The molecule has 0 saturated carbocycles. The van der Waals surface area contributed by atoms with Gasteiger partial charge in [0, 0.05) is 29.2 Å². The maximum Gasteiger partial charge on any atom is 0.0935 e. The van der Waals surface area contributed by atoms with Gasteiger partial charge in [0.1, 0.15) is 0 Å². The van der Waals surface area contributed by atoms with Crippen molar-refractivity contribution in [3.8, 4) is 0 Å². The summed E-state index contributed by atoms with van der Waals surface area (Å²) in [4.78, 5) is 4.72. The van der Waals surface area contributed by atoms with Gasteiger partial charge in [-0.15, -0.1) is 11.3 Å². The van der Waals surface area contributed by atoms with Crippen molar-refractivity contribution in [2.75, 3.05) is 13.2 Å². The van der Waals surface area contributed by atoms with Gasteiger partial charge in [-0.05, 0) is 12.3 Å². The van der Waals surface area contributed by atoms with Crippen LogP contribution in [0.1, 0.15) is 51.7 Å². The van der Waals surface area contributed by atoms with Crippen LogP contribution >= 0.6 is 11.3 Å². The second kappa shape index (κ2) is 6.33. The minimum Gasteiger partial charge on any atom is -0.396 e. The molecule has 0 bridgehead atoms. The number of hydrogen-bond acceptors (Lipinski definition) is 4. The molecule has 0 radical (unpaired) electrons. The molecular formula is C15H28N2OS. The third-order valence-electron chi connectivity index (χ3n) is 3.46. The molecule has 1 unspecified atom stereocenters. The van der Waals surface area contributed by atoms with Crippen LogP contribution in [0.5, 0.6) is 0 Å². The Labute approximate surface area is 121 Å². The number of aliphatic hydroxyl groups excluding tert-OH is 1. The molecule has 1 rings (SSSR count). The second-order valence-corrected chi connectivity index (χ2v) is 7.96. The molecule has 0 spiro atoms. The summed E-state index contributed by atoms with van der Waals surface area (Å²) >= 11 is 1.68. The van der Waals surface area contributed by atoms with E-state index >= 15 is 0 Å². The smallest absolute Gasteiger partial charge is 0.0935 e. The molecule has 19 heavy (non-hydrogen) atoms. The Kier molecular flexibility index (Phi) is 5.53. The molecule has 0 aliphatic carbocycles. The quantitative estimate of drug-likeness (QED) is 0.844. The molecule has 110 valence electrons. The lowest BCUT2D eigenvalue weighted by Crippen LogP contribution is -2.37. The number of aliphatic hydroxyl groups is 1. The molecule has 1 aromatic heterocycles. The van der Waals surface area contributed by atoms with Gasteiger partial charge in [0.05, 0.1) is 17.3 Å². The van der Waals surface area contributed by atoms with Crippen LogP contribution in [-0.4, -0.2) is 23.2 Å². The van der Waals surface area contributed by atoms with Crippen LogP contribution in [0.4, 0.5) is 0 Å². The van der Waals surface area contributed by atoms with Crippen LogP contribution in [0.2, 0.25) is 0 Å². The fourth-order valence-corrected chi connectivity index (χ4v) is 3.53. The van der Waals surface area contributed by atoms with E-state index in [1.54, 1.807) is 11.3 Å². The zero-order valence-electron chi connectivity index (χ0n) is 12.9. The lowest BCUT2D eigenvalue weighted by molar-refractivity contribution is 0.108. The fraction of sp³-hybridized carbons (Fsp3) is 0.800. The van der Waals surface area contributed by atoms with Crippen molar-refractivity contribution in [1.29, 1.82) is 0 Å². The first-order chi connectivity index (χ1) is 8.72. The minimum absolute atomic E-state index is 0.0807. The summed E-state index contributed by atoms with van der Waals surface area (Å²) in [5.41, 5.74) is 6.91. The van der Waals surface area contributed by atoms with Gasteiger partial charge in [-0.2, -0.15) is 0 Å². The van der Waals surface area contributed by atoms with Crippen LogP contribution in [0.25, 0.3) is 0 Å². The summed E-state index contributed by atoms with van der Waals surface area (Å²) in [6.45, 7) is 11.5. The van der Waals surface area contributed by atoms with Crippen molar-refractivity contribution in [3.05, 3.63) is 16.1 Å². The predicted molar refractivity (Wildman–Crippen MR) is 82.5 cm³/mol.